The van der Waals surface area contributed by atoms with E-state index in [0.717, 1.165) is 68.7 Å². The van der Waals surface area contributed by atoms with Crippen molar-refractivity contribution in [1.82, 2.24) is 10.2 Å². The van der Waals surface area contributed by atoms with E-state index in [-0.39, 0.29) is 16.9 Å². The van der Waals surface area contributed by atoms with Crippen LogP contribution >= 0.6 is 23.2 Å². The molecule has 3 N–H and O–H groups in total. The van der Waals surface area contributed by atoms with Gasteiger partial charge in [0.15, 0.2) is 0 Å². The van der Waals surface area contributed by atoms with E-state index in [1.54, 1.807) is 6.07 Å². The second-order valence-electron chi connectivity index (χ2n) is 10.9. The number of anilines is 1. The molecule has 1 aliphatic heterocycles. The Labute approximate surface area is 263 Å². The molecule has 1 aliphatic rings. The van der Waals surface area contributed by atoms with Crippen molar-refractivity contribution in [2.75, 3.05) is 31.5 Å². The summed E-state index contributed by atoms with van der Waals surface area (Å²) in [6.07, 6.45) is 3.05. The van der Waals surface area contributed by atoms with Crippen LogP contribution in [0.4, 0.5) is 10.5 Å². The lowest BCUT2D eigenvalue weighted by Crippen LogP contribution is -2.39. The third-order valence-corrected chi connectivity index (χ3v) is 8.32. The molecule has 0 bridgehead atoms. The molecule has 0 atom stereocenters. The molecule has 5 rings (SSSR count). The minimum Gasteiger partial charge on any atom is -0.506 e. The first-order chi connectivity index (χ1) is 20.9. The standard InChI is InChI=1S/C35H37Cl2N3O3/c36-29-22-28(34(41)32(37)23-29)24-38-18-14-25-10-12-26(13-11-25)15-19-40-20-16-30(17-21-40)43-35(42)39-33-9-5-4-8-31(33)27-6-2-1-3-7-27/h1-13,22-23,30,38,41H,14-21,24H2,(H,39,42). The minimum absolute atomic E-state index is 0.0749. The predicted octanol–water partition coefficient (Wildman–Crippen LogP) is 7.95. The average molecular weight is 619 g/mol. The Hall–Kier alpha value is -3.55. The third kappa shape index (κ3) is 8.97. The van der Waals surface area contributed by atoms with Gasteiger partial charge in [-0.05, 0) is 67.1 Å². The summed E-state index contributed by atoms with van der Waals surface area (Å²) in [6.45, 7) is 4.08. The Kier molecular flexibility index (Phi) is 11.0. The fraction of sp³-hybridized carbons (Fsp3) is 0.286. The van der Waals surface area contributed by atoms with Gasteiger partial charge in [-0.15, -0.1) is 0 Å². The first kappa shape index (κ1) is 30.9. The molecule has 43 heavy (non-hydrogen) atoms. The number of piperidine rings is 1. The summed E-state index contributed by atoms with van der Waals surface area (Å²) in [5, 5.41) is 17.2. The van der Waals surface area contributed by atoms with Gasteiger partial charge in [0.2, 0.25) is 0 Å². The number of nitrogens with one attached hydrogen (secondary N) is 2. The quantitative estimate of drug-likeness (QED) is 0.149. The van der Waals surface area contributed by atoms with Gasteiger partial charge in [0.1, 0.15) is 11.9 Å². The number of carbonyl (C=O) groups excluding carboxylic acids is 1. The number of benzene rings is 4. The Balaban J connectivity index is 0.995. The predicted molar refractivity (Wildman–Crippen MR) is 175 cm³/mol. The molecule has 1 amide bonds. The summed E-state index contributed by atoms with van der Waals surface area (Å²) in [6, 6.07) is 29.8. The van der Waals surface area contributed by atoms with Crippen molar-refractivity contribution in [3.05, 3.63) is 118 Å². The van der Waals surface area contributed by atoms with Crippen LogP contribution in [0.15, 0.2) is 91.0 Å². The van der Waals surface area contributed by atoms with Gasteiger partial charge in [-0.1, -0.05) is 96.0 Å². The summed E-state index contributed by atoms with van der Waals surface area (Å²) >= 11 is 12.0. The molecular formula is C35H37Cl2N3O3. The fourth-order valence-electron chi connectivity index (χ4n) is 5.37. The van der Waals surface area contributed by atoms with Crippen molar-refractivity contribution < 1.29 is 14.6 Å². The number of amides is 1. The van der Waals surface area contributed by atoms with Crippen LogP contribution in [-0.2, 0) is 24.1 Å². The van der Waals surface area contributed by atoms with Gasteiger partial charge in [-0.3, -0.25) is 5.32 Å². The zero-order valence-electron chi connectivity index (χ0n) is 24.1. The van der Waals surface area contributed by atoms with E-state index in [2.05, 4.69) is 39.8 Å². The minimum atomic E-state index is -0.399. The number of para-hydroxylation sites is 1. The zero-order chi connectivity index (χ0) is 30.0. The second kappa shape index (κ2) is 15.3. The van der Waals surface area contributed by atoms with Crippen molar-refractivity contribution in [1.29, 1.82) is 0 Å². The Morgan fingerprint density at radius 1 is 0.884 bits per heavy atom. The van der Waals surface area contributed by atoms with Crippen LogP contribution in [0, 0.1) is 0 Å². The largest absolute Gasteiger partial charge is 0.506 e. The number of aromatic hydroxyl groups is 1. The maximum Gasteiger partial charge on any atom is 0.411 e. The highest BCUT2D eigenvalue weighted by molar-refractivity contribution is 6.35. The fourth-order valence-corrected chi connectivity index (χ4v) is 5.91. The lowest BCUT2D eigenvalue weighted by atomic mass is 10.0. The summed E-state index contributed by atoms with van der Waals surface area (Å²) in [7, 11) is 0. The number of rotatable bonds is 11. The van der Waals surface area contributed by atoms with Crippen LogP contribution in [0.25, 0.3) is 11.1 Å². The Morgan fingerprint density at radius 3 is 2.30 bits per heavy atom. The monoisotopic (exact) mass is 617 g/mol. The summed E-state index contributed by atoms with van der Waals surface area (Å²) < 4.78 is 5.79. The van der Waals surface area contributed by atoms with Crippen LogP contribution in [0.2, 0.25) is 10.0 Å². The summed E-state index contributed by atoms with van der Waals surface area (Å²) in [5.41, 5.74) is 6.03. The van der Waals surface area contributed by atoms with E-state index < -0.39 is 6.09 Å². The van der Waals surface area contributed by atoms with Gasteiger partial charge in [-0.2, -0.15) is 0 Å². The van der Waals surface area contributed by atoms with Gasteiger partial charge >= 0.3 is 6.09 Å². The third-order valence-electron chi connectivity index (χ3n) is 7.81. The van der Waals surface area contributed by atoms with Gasteiger partial charge in [0.05, 0.1) is 10.7 Å². The molecule has 0 radical (unpaired) electrons. The van der Waals surface area contributed by atoms with Crippen molar-refractivity contribution in [2.24, 2.45) is 0 Å². The number of hydrogen-bond acceptors (Lipinski definition) is 5. The number of ether oxygens (including phenoxy) is 1. The van der Waals surface area contributed by atoms with Gasteiger partial charge in [-0.25, -0.2) is 4.79 Å². The van der Waals surface area contributed by atoms with E-state index in [1.807, 2.05) is 54.6 Å². The molecule has 224 valence electrons. The number of nitrogens with zero attached hydrogens (tertiary/aromatic N) is 1. The van der Waals surface area contributed by atoms with Crippen molar-refractivity contribution in [2.45, 2.75) is 38.3 Å². The number of phenolic OH excluding ortho intramolecular Hbond substituents is 1. The smallest absolute Gasteiger partial charge is 0.411 e. The molecule has 0 aliphatic carbocycles. The molecule has 6 nitrogen and oxygen atoms in total. The number of hydrogen-bond donors (Lipinski definition) is 3. The van der Waals surface area contributed by atoms with Crippen molar-refractivity contribution in [3.63, 3.8) is 0 Å². The highest BCUT2D eigenvalue weighted by atomic mass is 35.5. The van der Waals surface area contributed by atoms with E-state index in [4.69, 9.17) is 27.9 Å². The molecule has 0 unspecified atom stereocenters. The van der Waals surface area contributed by atoms with Crippen molar-refractivity contribution in [3.8, 4) is 16.9 Å². The molecule has 0 saturated carbocycles. The van der Waals surface area contributed by atoms with E-state index in [1.165, 1.54) is 17.2 Å². The van der Waals surface area contributed by atoms with E-state index >= 15 is 0 Å². The van der Waals surface area contributed by atoms with Gasteiger partial charge in [0, 0.05) is 42.3 Å². The number of phenols is 1. The molecule has 0 aromatic heterocycles. The second-order valence-corrected chi connectivity index (χ2v) is 11.7. The van der Waals surface area contributed by atoms with E-state index in [9.17, 15) is 9.90 Å². The van der Waals surface area contributed by atoms with Crippen LogP contribution in [0.1, 0.15) is 29.5 Å². The molecule has 1 fully saturated rings. The molecule has 4 aromatic rings. The summed E-state index contributed by atoms with van der Waals surface area (Å²) in [4.78, 5) is 15.1. The Bertz CT molecular complexity index is 1490. The van der Waals surface area contributed by atoms with Crippen LogP contribution in [0.5, 0.6) is 5.75 Å². The number of likely N-dealkylation sites (tertiary alicyclic amines) is 1. The number of halogens is 2. The normalized spacial score (nSPS) is 14.0. The molecular weight excluding hydrogens is 581 g/mol. The van der Waals surface area contributed by atoms with Gasteiger partial charge in [0.25, 0.3) is 0 Å². The maximum absolute atomic E-state index is 12.7. The molecule has 1 heterocycles. The molecule has 1 saturated heterocycles. The van der Waals surface area contributed by atoms with E-state index in [0.29, 0.717) is 17.1 Å². The lowest BCUT2D eigenvalue weighted by molar-refractivity contribution is 0.0593. The molecule has 8 heteroatoms. The zero-order valence-corrected chi connectivity index (χ0v) is 25.6. The first-order valence-electron chi connectivity index (χ1n) is 14.7. The van der Waals surface area contributed by atoms with Crippen LogP contribution in [-0.4, -0.2) is 48.4 Å². The molecule has 0 spiro atoms. The average Bonchev–Trinajstić information content (AvgIpc) is 3.02. The lowest BCUT2D eigenvalue weighted by Gasteiger charge is -2.31. The number of carbonyl (C=O) groups is 1. The van der Waals surface area contributed by atoms with Crippen LogP contribution < -0.4 is 10.6 Å². The molecule has 4 aromatic carbocycles. The SMILES string of the molecule is O=C(Nc1ccccc1-c1ccccc1)OC1CCN(CCc2ccc(CCNCc3cc(Cl)cc(Cl)c3O)cc2)CC1. The highest BCUT2D eigenvalue weighted by Crippen LogP contribution is 2.31. The summed E-state index contributed by atoms with van der Waals surface area (Å²) in [5.74, 6) is 0.0749. The van der Waals surface area contributed by atoms with Crippen LogP contribution in [0.3, 0.4) is 0 Å². The van der Waals surface area contributed by atoms with Crippen molar-refractivity contribution >= 4 is 35.0 Å². The Morgan fingerprint density at radius 2 is 1.56 bits per heavy atom. The topological polar surface area (TPSA) is 73.8 Å². The van der Waals surface area contributed by atoms with Gasteiger partial charge < -0.3 is 20.1 Å². The highest BCUT2D eigenvalue weighted by Gasteiger charge is 2.22. The maximum atomic E-state index is 12.7. The first-order valence-corrected chi connectivity index (χ1v) is 15.5.